The lowest BCUT2D eigenvalue weighted by Crippen LogP contribution is -2.06. The first-order chi connectivity index (χ1) is 12.5. The zero-order chi connectivity index (χ0) is 18.7. The molecule has 0 unspecified atom stereocenters. The van der Waals surface area contributed by atoms with Crippen LogP contribution in [0.5, 0.6) is 5.75 Å². The zero-order valence-electron chi connectivity index (χ0n) is 14.0. The van der Waals surface area contributed by atoms with Crippen LogP contribution >= 0.6 is 0 Å². The number of nitriles is 1. The Kier molecular flexibility index (Phi) is 4.81. The summed E-state index contributed by atoms with van der Waals surface area (Å²) in [7, 11) is 0. The highest BCUT2D eigenvalue weighted by Gasteiger charge is 2.19. The maximum atomic E-state index is 13.0. The number of hydrogen-bond acceptors (Lipinski definition) is 5. The summed E-state index contributed by atoms with van der Waals surface area (Å²) in [5.41, 5.74) is 1.97. The van der Waals surface area contributed by atoms with E-state index in [-0.39, 0.29) is 34.8 Å². The minimum Gasteiger partial charge on any atom is -0.505 e. The molecule has 0 radical (unpaired) electrons. The molecule has 6 heteroatoms. The number of phenolic OH excluding ortho intramolecular Hbond substituents is 1. The molecule has 0 spiro atoms. The van der Waals surface area contributed by atoms with Crippen LogP contribution < -0.4 is 0 Å². The number of pyridine rings is 1. The van der Waals surface area contributed by atoms with Gasteiger partial charge in [0, 0.05) is 11.6 Å². The molecule has 0 atom stereocenters. The van der Waals surface area contributed by atoms with Crippen LogP contribution in [0.2, 0.25) is 0 Å². The quantitative estimate of drug-likeness (QED) is 0.725. The van der Waals surface area contributed by atoms with Crippen LogP contribution in [0.1, 0.15) is 34.0 Å². The van der Waals surface area contributed by atoms with Gasteiger partial charge in [-0.15, -0.1) is 0 Å². The number of esters is 1. The first kappa shape index (κ1) is 17.4. The van der Waals surface area contributed by atoms with Crippen molar-refractivity contribution in [2.24, 2.45) is 0 Å². The Morgan fingerprint density at radius 3 is 2.65 bits per heavy atom. The second-order valence-electron chi connectivity index (χ2n) is 5.70. The summed E-state index contributed by atoms with van der Waals surface area (Å²) >= 11 is 0. The molecule has 5 nitrogen and oxygen atoms in total. The van der Waals surface area contributed by atoms with Crippen molar-refractivity contribution < 1.29 is 19.0 Å². The van der Waals surface area contributed by atoms with Crippen LogP contribution in [-0.4, -0.2) is 22.7 Å². The molecule has 130 valence electrons. The fraction of sp³-hybridized carbons (Fsp3) is 0.150. The minimum atomic E-state index is -0.708. The van der Waals surface area contributed by atoms with Gasteiger partial charge >= 0.3 is 5.97 Å². The van der Waals surface area contributed by atoms with E-state index in [1.807, 2.05) is 6.07 Å². The van der Waals surface area contributed by atoms with Crippen molar-refractivity contribution in [3.63, 3.8) is 0 Å². The van der Waals surface area contributed by atoms with Gasteiger partial charge in [0.25, 0.3) is 0 Å². The third-order valence-electron chi connectivity index (χ3n) is 3.94. The Labute approximate surface area is 149 Å². The maximum Gasteiger partial charge on any atom is 0.342 e. The topological polar surface area (TPSA) is 83.2 Å². The van der Waals surface area contributed by atoms with E-state index in [1.54, 1.807) is 31.3 Å². The summed E-state index contributed by atoms with van der Waals surface area (Å²) in [5, 5.41) is 20.2. The van der Waals surface area contributed by atoms with Gasteiger partial charge in [-0.2, -0.15) is 5.26 Å². The zero-order valence-corrected chi connectivity index (χ0v) is 14.0. The Morgan fingerprint density at radius 2 is 2.00 bits per heavy atom. The summed E-state index contributed by atoms with van der Waals surface area (Å²) in [6, 6.07) is 11.2. The average Bonchev–Trinajstić information content (AvgIpc) is 2.64. The summed E-state index contributed by atoms with van der Waals surface area (Å²) in [4.78, 5) is 16.2. The summed E-state index contributed by atoms with van der Waals surface area (Å²) in [6.07, 6.45) is 2.05. The normalized spacial score (nSPS) is 10.5. The number of hydrogen-bond donors (Lipinski definition) is 1. The van der Waals surface area contributed by atoms with E-state index in [2.05, 4.69) is 4.98 Å². The van der Waals surface area contributed by atoms with Gasteiger partial charge < -0.3 is 9.84 Å². The van der Waals surface area contributed by atoms with Crippen molar-refractivity contribution in [1.82, 2.24) is 4.98 Å². The van der Waals surface area contributed by atoms with Crippen molar-refractivity contribution in [2.75, 3.05) is 6.61 Å². The van der Waals surface area contributed by atoms with Gasteiger partial charge in [0.2, 0.25) is 0 Å². The number of rotatable bonds is 4. The number of nitrogens with zero attached hydrogens (tertiary/aromatic N) is 2. The number of fused-ring (bicyclic) bond motifs is 1. The summed E-state index contributed by atoms with van der Waals surface area (Å²) in [5.74, 6) is -1.33. The number of phenols is 1. The van der Waals surface area contributed by atoms with Crippen LogP contribution in [0.25, 0.3) is 10.9 Å². The molecule has 0 fully saturated rings. The molecule has 3 aromatic rings. The van der Waals surface area contributed by atoms with E-state index in [9.17, 15) is 19.6 Å². The van der Waals surface area contributed by atoms with Crippen LogP contribution in [0.4, 0.5) is 4.39 Å². The molecule has 0 aliphatic rings. The minimum absolute atomic E-state index is 0.0883. The van der Waals surface area contributed by atoms with Gasteiger partial charge in [0.1, 0.15) is 16.9 Å². The van der Waals surface area contributed by atoms with E-state index >= 15 is 0 Å². The van der Waals surface area contributed by atoms with Crippen molar-refractivity contribution >= 4 is 16.9 Å². The SMILES string of the molecule is CCOC(=O)c1cc(C#N)c2cc(Cc3ccc(F)cc3)cnc2c1O. The highest BCUT2D eigenvalue weighted by Crippen LogP contribution is 2.31. The largest absolute Gasteiger partial charge is 0.505 e. The first-order valence-electron chi connectivity index (χ1n) is 7.99. The molecule has 0 aliphatic heterocycles. The lowest BCUT2D eigenvalue weighted by molar-refractivity contribution is 0.0523. The van der Waals surface area contributed by atoms with Gasteiger partial charge in [-0.25, -0.2) is 9.18 Å². The number of carbonyl (C=O) groups excluding carboxylic acids is 1. The number of carbonyl (C=O) groups is 1. The Bertz CT molecular complexity index is 1020. The van der Waals surface area contributed by atoms with Crippen molar-refractivity contribution in [3.05, 3.63) is 70.7 Å². The standard InChI is InChI=1S/C20H15FN2O3/c1-2-26-20(25)17-9-14(10-22)16-8-13(11-23-18(16)19(17)24)7-12-3-5-15(21)6-4-12/h3-6,8-9,11,24H,2,7H2,1H3. The van der Waals surface area contributed by atoms with Gasteiger partial charge in [-0.05, 0) is 48.7 Å². The first-order valence-corrected chi connectivity index (χ1v) is 7.99. The highest BCUT2D eigenvalue weighted by molar-refractivity contribution is 6.02. The highest BCUT2D eigenvalue weighted by atomic mass is 19.1. The molecular formula is C20H15FN2O3. The molecule has 1 N–H and O–H groups in total. The Morgan fingerprint density at radius 1 is 1.27 bits per heavy atom. The van der Waals surface area contributed by atoms with E-state index in [0.29, 0.717) is 11.8 Å². The molecule has 0 amide bonds. The number of ether oxygens (including phenoxy) is 1. The summed E-state index contributed by atoms with van der Waals surface area (Å²) < 4.78 is 17.9. The van der Waals surface area contributed by atoms with Crippen LogP contribution in [0.3, 0.4) is 0 Å². The molecule has 0 saturated carbocycles. The summed E-state index contributed by atoms with van der Waals surface area (Å²) in [6.45, 7) is 1.81. The maximum absolute atomic E-state index is 13.0. The van der Waals surface area contributed by atoms with Crippen LogP contribution in [0, 0.1) is 17.1 Å². The molecule has 0 aliphatic carbocycles. The molecule has 0 bridgehead atoms. The third-order valence-corrected chi connectivity index (χ3v) is 3.94. The third kappa shape index (κ3) is 3.33. The lowest BCUT2D eigenvalue weighted by atomic mass is 10.00. The fourth-order valence-electron chi connectivity index (χ4n) is 2.71. The Hall–Kier alpha value is -3.46. The number of benzene rings is 2. The predicted molar refractivity (Wildman–Crippen MR) is 93.3 cm³/mol. The van der Waals surface area contributed by atoms with Gasteiger partial charge in [0.15, 0.2) is 5.75 Å². The molecule has 2 aromatic carbocycles. The average molecular weight is 350 g/mol. The van der Waals surface area contributed by atoms with Crippen molar-refractivity contribution in [2.45, 2.75) is 13.3 Å². The molecule has 0 saturated heterocycles. The van der Waals surface area contributed by atoms with Gasteiger partial charge in [-0.1, -0.05) is 12.1 Å². The predicted octanol–water partition coefficient (Wildman–Crippen LogP) is 3.72. The number of aromatic hydroxyl groups is 1. The number of halogens is 1. The Balaban J connectivity index is 2.06. The molecular weight excluding hydrogens is 335 g/mol. The fourth-order valence-corrected chi connectivity index (χ4v) is 2.71. The monoisotopic (exact) mass is 350 g/mol. The molecule has 1 heterocycles. The van der Waals surface area contributed by atoms with Gasteiger partial charge in [0.05, 0.1) is 18.2 Å². The van der Waals surface area contributed by atoms with E-state index < -0.39 is 5.97 Å². The van der Waals surface area contributed by atoms with E-state index in [0.717, 1.165) is 11.1 Å². The van der Waals surface area contributed by atoms with E-state index in [1.165, 1.54) is 18.2 Å². The second-order valence-corrected chi connectivity index (χ2v) is 5.70. The molecule has 3 rings (SSSR count). The van der Waals surface area contributed by atoms with Crippen LogP contribution in [-0.2, 0) is 11.2 Å². The lowest BCUT2D eigenvalue weighted by Gasteiger charge is -2.10. The van der Waals surface area contributed by atoms with Gasteiger partial charge in [-0.3, -0.25) is 4.98 Å². The molecule has 1 aromatic heterocycles. The van der Waals surface area contributed by atoms with Crippen molar-refractivity contribution in [1.29, 1.82) is 5.26 Å². The van der Waals surface area contributed by atoms with Crippen LogP contribution in [0.15, 0.2) is 42.6 Å². The number of aromatic nitrogens is 1. The van der Waals surface area contributed by atoms with E-state index in [4.69, 9.17) is 4.74 Å². The second kappa shape index (κ2) is 7.19. The van der Waals surface area contributed by atoms with Crippen molar-refractivity contribution in [3.8, 4) is 11.8 Å². The molecule has 26 heavy (non-hydrogen) atoms. The smallest absolute Gasteiger partial charge is 0.342 e.